The highest BCUT2D eigenvalue weighted by Gasteiger charge is 2.17. The third-order valence-electron chi connectivity index (χ3n) is 3.42. The first kappa shape index (κ1) is 14.8. The number of nitrogens with one attached hydrogen (secondary N) is 1. The molecule has 0 spiro atoms. The van der Waals surface area contributed by atoms with Gasteiger partial charge in [0.05, 0.1) is 6.04 Å². The topological polar surface area (TPSA) is 12.0 Å². The quantitative estimate of drug-likeness (QED) is 0.788. The van der Waals surface area contributed by atoms with Crippen molar-refractivity contribution in [3.63, 3.8) is 0 Å². The van der Waals surface area contributed by atoms with Crippen LogP contribution in [0.4, 0.5) is 0 Å². The van der Waals surface area contributed by atoms with Crippen molar-refractivity contribution in [2.75, 3.05) is 6.54 Å². The maximum Gasteiger partial charge on any atom is 0.0596 e. The monoisotopic (exact) mass is 337 g/mol. The van der Waals surface area contributed by atoms with E-state index in [1.165, 1.54) is 26.7 Å². The molecule has 3 heteroatoms. The maximum atomic E-state index is 3.66. The third kappa shape index (κ3) is 3.47. The summed E-state index contributed by atoms with van der Waals surface area (Å²) in [6.45, 7) is 7.57. The molecule has 1 aromatic carbocycles. The van der Waals surface area contributed by atoms with Gasteiger partial charge < -0.3 is 5.32 Å². The smallest absolute Gasteiger partial charge is 0.0596 e. The molecule has 19 heavy (non-hydrogen) atoms. The first-order chi connectivity index (χ1) is 9.13. The Morgan fingerprint density at radius 3 is 2.58 bits per heavy atom. The average molecular weight is 338 g/mol. The predicted molar refractivity (Wildman–Crippen MR) is 88.1 cm³/mol. The van der Waals surface area contributed by atoms with Gasteiger partial charge in [-0.2, -0.15) is 11.3 Å². The molecule has 1 unspecified atom stereocenters. The van der Waals surface area contributed by atoms with E-state index in [9.17, 15) is 0 Å². The number of halogens is 1. The van der Waals surface area contributed by atoms with Gasteiger partial charge in [-0.05, 0) is 70.4 Å². The second-order valence-corrected chi connectivity index (χ2v) is 6.50. The third-order valence-corrected chi connectivity index (χ3v) is 5.17. The first-order valence-electron chi connectivity index (χ1n) is 6.65. The molecule has 0 amide bonds. The number of benzene rings is 1. The normalized spacial score (nSPS) is 12.6. The molecule has 1 aromatic heterocycles. The highest BCUT2D eigenvalue weighted by molar-refractivity contribution is 9.10. The highest BCUT2D eigenvalue weighted by Crippen LogP contribution is 2.32. The van der Waals surface area contributed by atoms with Crippen molar-refractivity contribution in [1.82, 2.24) is 5.32 Å². The summed E-state index contributed by atoms with van der Waals surface area (Å²) >= 11 is 5.40. The van der Waals surface area contributed by atoms with E-state index in [-0.39, 0.29) is 6.04 Å². The summed E-state index contributed by atoms with van der Waals surface area (Å²) in [6.07, 6.45) is 1.14. The molecule has 2 rings (SSSR count). The predicted octanol–water partition coefficient (Wildman–Crippen LogP) is 5.22. The van der Waals surface area contributed by atoms with Crippen molar-refractivity contribution < 1.29 is 0 Å². The largest absolute Gasteiger partial charge is 0.306 e. The van der Waals surface area contributed by atoms with E-state index in [2.05, 4.69) is 71.0 Å². The van der Waals surface area contributed by atoms with Crippen molar-refractivity contribution in [3.8, 4) is 0 Å². The van der Waals surface area contributed by atoms with Crippen LogP contribution in [0.25, 0.3) is 0 Å². The minimum atomic E-state index is 0.278. The summed E-state index contributed by atoms with van der Waals surface area (Å²) in [5, 5.41) is 8.03. The van der Waals surface area contributed by atoms with Crippen LogP contribution in [-0.2, 0) is 0 Å². The molecule has 1 heterocycles. The Labute approximate surface area is 128 Å². The molecular weight excluding hydrogens is 318 g/mol. The molecular formula is C16H20BrNS. The molecule has 1 N–H and O–H groups in total. The summed E-state index contributed by atoms with van der Waals surface area (Å²) < 4.78 is 1.20. The lowest BCUT2D eigenvalue weighted by Crippen LogP contribution is -2.23. The highest BCUT2D eigenvalue weighted by atomic mass is 79.9. The zero-order valence-corrected chi connectivity index (χ0v) is 14.1. The van der Waals surface area contributed by atoms with Crippen LogP contribution >= 0.6 is 27.3 Å². The number of thiophene rings is 1. The van der Waals surface area contributed by atoms with Gasteiger partial charge in [-0.1, -0.05) is 25.1 Å². The van der Waals surface area contributed by atoms with E-state index < -0.39 is 0 Å². The minimum Gasteiger partial charge on any atom is -0.306 e. The lowest BCUT2D eigenvalue weighted by Gasteiger charge is -2.20. The molecule has 0 fully saturated rings. The standard InChI is InChI=1S/C16H20BrNS/c1-4-7-18-16(14-9-19-10-15(14)17)13-6-5-11(2)12(3)8-13/h5-6,8-10,16,18H,4,7H2,1-3H3. The van der Waals surface area contributed by atoms with E-state index in [4.69, 9.17) is 0 Å². The molecule has 0 radical (unpaired) electrons. The van der Waals surface area contributed by atoms with Crippen LogP contribution in [0.15, 0.2) is 33.4 Å². The fraction of sp³-hybridized carbons (Fsp3) is 0.375. The number of aryl methyl sites for hydroxylation is 2. The number of hydrogen-bond acceptors (Lipinski definition) is 2. The average Bonchev–Trinajstić information content (AvgIpc) is 2.80. The van der Waals surface area contributed by atoms with Gasteiger partial charge in [0.2, 0.25) is 0 Å². The molecule has 0 saturated carbocycles. The van der Waals surface area contributed by atoms with Crippen LogP contribution < -0.4 is 5.32 Å². The van der Waals surface area contributed by atoms with E-state index in [0.29, 0.717) is 0 Å². The van der Waals surface area contributed by atoms with Crippen LogP contribution in [0.3, 0.4) is 0 Å². The van der Waals surface area contributed by atoms with Gasteiger partial charge in [-0.3, -0.25) is 0 Å². The summed E-state index contributed by atoms with van der Waals surface area (Å²) in [6, 6.07) is 7.03. The molecule has 0 bridgehead atoms. The van der Waals surface area contributed by atoms with Crippen LogP contribution in [-0.4, -0.2) is 6.54 Å². The van der Waals surface area contributed by atoms with Crippen LogP contribution in [0, 0.1) is 13.8 Å². The van der Waals surface area contributed by atoms with Gasteiger partial charge in [0, 0.05) is 9.85 Å². The van der Waals surface area contributed by atoms with Crippen LogP contribution in [0.2, 0.25) is 0 Å². The van der Waals surface area contributed by atoms with Crippen molar-refractivity contribution >= 4 is 27.3 Å². The molecule has 0 aliphatic rings. The maximum absolute atomic E-state index is 3.66. The van der Waals surface area contributed by atoms with E-state index in [0.717, 1.165) is 13.0 Å². The summed E-state index contributed by atoms with van der Waals surface area (Å²) in [5.74, 6) is 0. The van der Waals surface area contributed by atoms with Crippen molar-refractivity contribution in [3.05, 3.63) is 55.7 Å². The second kappa shape index (κ2) is 6.69. The zero-order chi connectivity index (χ0) is 13.8. The van der Waals surface area contributed by atoms with E-state index >= 15 is 0 Å². The summed E-state index contributed by atoms with van der Waals surface area (Å²) in [7, 11) is 0. The summed E-state index contributed by atoms with van der Waals surface area (Å²) in [4.78, 5) is 0. The Morgan fingerprint density at radius 1 is 1.21 bits per heavy atom. The molecule has 1 atom stereocenters. The van der Waals surface area contributed by atoms with Crippen LogP contribution in [0.5, 0.6) is 0 Å². The van der Waals surface area contributed by atoms with Crippen molar-refractivity contribution in [2.24, 2.45) is 0 Å². The summed E-state index contributed by atoms with van der Waals surface area (Å²) in [5.41, 5.74) is 5.38. The fourth-order valence-corrected chi connectivity index (χ4v) is 3.69. The second-order valence-electron chi connectivity index (χ2n) is 4.91. The van der Waals surface area contributed by atoms with Gasteiger partial charge in [0.25, 0.3) is 0 Å². The number of rotatable bonds is 5. The van der Waals surface area contributed by atoms with Gasteiger partial charge in [-0.25, -0.2) is 0 Å². The Morgan fingerprint density at radius 2 is 2.00 bits per heavy atom. The van der Waals surface area contributed by atoms with Gasteiger partial charge in [0.15, 0.2) is 0 Å². The molecule has 0 aliphatic carbocycles. The Kier molecular flexibility index (Phi) is 5.20. The molecule has 0 aliphatic heterocycles. The van der Waals surface area contributed by atoms with Gasteiger partial charge in [-0.15, -0.1) is 0 Å². The number of hydrogen-bond donors (Lipinski definition) is 1. The van der Waals surface area contributed by atoms with E-state index in [1.807, 2.05) is 0 Å². The molecule has 1 nitrogen and oxygen atoms in total. The van der Waals surface area contributed by atoms with Crippen molar-refractivity contribution in [2.45, 2.75) is 33.2 Å². The zero-order valence-electron chi connectivity index (χ0n) is 11.7. The Bertz CT molecular complexity index is 547. The van der Waals surface area contributed by atoms with Gasteiger partial charge in [0.1, 0.15) is 0 Å². The molecule has 2 aromatic rings. The fourth-order valence-electron chi connectivity index (χ4n) is 2.14. The lowest BCUT2D eigenvalue weighted by atomic mass is 9.97. The molecule has 0 saturated heterocycles. The van der Waals surface area contributed by atoms with E-state index in [1.54, 1.807) is 11.3 Å². The minimum absolute atomic E-state index is 0.278. The first-order valence-corrected chi connectivity index (χ1v) is 8.39. The molecule has 102 valence electrons. The van der Waals surface area contributed by atoms with Crippen LogP contribution in [0.1, 0.15) is 41.6 Å². The Hall–Kier alpha value is -0.640. The lowest BCUT2D eigenvalue weighted by molar-refractivity contribution is 0.598. The Balaban J connectivity index is 2.37. The van der Waals surface area contributed by atoms with Crippen molar-refractivity contribution in [1.29, 1.82) is 0 Å². The van der Waals surface area contributed by atoms with Gasteiger partial charge >= 0.3 is 0 Å². The SMILES string of the molecule is CCCNC(c1ccc(C)c(C)c1)c1cscc1Br.